The minimum Gasteiger partial charge on any atom is -0.508 e. The molecule has 4 N–H and O–H groups in total. The van der Waals surface area contributed by atoms with E-state index in [9.17, 15) is 10.2 Å². The number of phenolic OH excluding ortho intramolecular Hbond substituents is 2. The molecule has 1 atom stereocenters. The first-order valence-electron chi connectivity index (χ1n) is 8.66. The van der Waals surface area contributed by atoms with Crippen molar-refractivity contribution < 1.29 is 10.2 Å². The van der Waals surface area contributed by atoms with Crippen molar-refractivity contribution in [2.45, 2.75) is 58.8 Å². The van der Waals surface area contributed by atoms with Crippen LogP contribution in [0.2, 0.25) is 0 Å². The van der Waals surface area contributed by atoms with Gasteiger partial charge < -0.3 is 15.9 Å². The molecule has 2 rings (SSSR count). The lowest BCUT2D eigenvalue weighted by Crippen LogP contribution is -2.13. The lowest BCUT2D eigenvalue weighted by Gasteiger charge is -2.19. The number of hydrogen-bond acceptors (Lipinski definition) is 5. The second-order valence-electron chi connectivity index (χ2n) is 6.05. The number of anilines is 1. The Morgan fingerprint density at radius 2 is 1.75 bits per heavy atom. The van der Waals surface area contributed by atoms with Crippen LogP contribution in [0.3, 0.4) is 0 Å². The highest BCUT2D eigenvalue weighted by Gasteiger charge is 2.19. The third-order valence-electron chi connectivity index (χ3n) is 4.48. The summed E-state index contributed by atoms with van der Waals surface area (Å²) in [5.74, 6) is 1.02. The van der Waals surface area contributed by atoms with Gasteiger partial charge in [-0.2, -0.15) is 0 Å². The van der Waals surface area contributed by atoms with Crippen molar-refractivity contribution in [3.63, 3.8) is 0 Å². The molecule has 0 saturated heterocycles. The second kappa shape index (κ2) is 7.99. The summed E-state index contributed by atoms with van der Waals surface area (Å²) in [5, 5.41) is 19.4. The number of rotatable bonds is 7. The summed E-state index contributed by atoms with van der Waals surface area (Å²) in [6.07, 6.45) is 4.11. The first-order chi connectivity index (χ1) is 11.5. The number of hydrogen-bond donors (Lipinski definition) is 3. The van der Waals surface area contributed by atoms with Crippen LogP contribution >= 0.6 is 0 Å². The van der Waals surface area contributed by atoms with Crippen LogP contribution in [-0.2, 0) is 19.3 Å². The minimum absolute atomic E-state index is 0.0774. The largest absolute Gasteiger partial charge is 0.508 e. The molecule has 0 aliphatic rings. The lowest BCUT2D eigenvalue weighted by molar-refractivity contribution is 0.443. The van der Waals surface area contributed by atoms with Crippen LogP contribution in [0.25, 0.3) is 0 Å². The molecular weight excluding hydrogens is 302 g/mol. The zero-order chi connectivity index (χ0) is 17.7. The molecule has 0 fully saturated rings. The van der Waals surface area contributed by atoms with Crippen molar-refractivity contribution in [1.82, 2.24) is 9.97 Å². The highest BCUT2D eigenvalue weighted by molar-refractivity contribution is 5.40. The average Bonchev–Trinajstić information content (AvgIpc) is 2.57. The van der Waals surface area contributed by atoms with Crippen molar-refractivity contribution in [3.05, 3.63) is 40.8 Å². The van der Waals surface area contributed by atoms with Gasteiger partial charge in [0, 0.05) is 12.0 Å². The Bertz CT molecular complexity index is 701. The molecule has 0 spiro atoms. The summed E-state index contributed by atoms with van der Waals surface area (Å²) in [6.45, 7) is 6.24. The molecule has 0 bridgehead atoms. The molecule has 0 saturated carbocycles. The maximum atomic E-state index is 9.96. The smallest absolute Gasteiger partial charge is 0.145 e. The summed E-state index contributed by atoms with van der Waals surface area (Å²) in [6, 6.07) is 4.75. The van der Waals surface area contributed by atoms with E-state index in [4.69, 9.17) is 10.7 Å². The Hall–Kier alpha value is -2.30. The van der Waals surface area contributed by atoms with Gasteiger partial charge >= 0.3 is 0 Å². The van der Waals surface area contributed by atoms with Gasteiger partial charge in [0.2, 0.25) is 0 Å². The molecule has 1 aromatic carbocycles. The van der Waals surface area contributed by atoms with Crippen molar-refractivity contribution in [3.8, 4) is 11.5 Å². The molecule has 0 aliphatic heterocycles. The summed E-state index contributed by atoms with van der Waals surface area (Å²) in [4.78, 5) is 9.34. The van der Waals surface area contributed by atoms with Gasteiger partial charge in [0.1, 0.15) is 17.3 Å². The monoisotopic (exact) mass is 329 g/mol. The maximum absolute atomic E-state index is 9.96. The van der Waals surface area contributed by atoms with Gasteiger partial charge in [0.25, 0.3) is 0 Å². The number of benzene rings is 1. The number of nitrogens with zero attached hydrogens (tertiary/aromatic N) is 2. The molecule has 2 aromatic rings. The SMILES string of the molecule is CCc1nc(C(CC)CCc2ccc(O)cc2O)c(CC)nc1N. The Labute approximate surface area is 143 Å². The third kappa shape index (κ3) is 3.96. The highest BCUT2D eigenvalue weighted by atomic mass is 16.3. The Kier molecular flexibility index (Phi) is 6.01. The fraction of sp³-hybridized carbons (Fsp3) is 0.474. The lowest BCUT2D eigenvalue weighted by atomic mass is 9.91. The molecule has 1 unspecified atom stereocenters. The van der Waals surface area contributed by atoms with Crippen LogP contribution in [0.4, 0.5) is 5.82 Å². The van der Waals surface area contributed by atoms with E-state index in [2.05, 4.69) is 18.8 Å². The molecule has 0 radical (unpaired) electrons. The van der Waals surface area contributed by atoms with E-state index in [1.165, 1.54) is 6.07 Å². The molecule has 5 nitrogen and oxygen atoms in total. The molecule has 130 valence electrons. The third-order valence-corrected chi connectivity index (χ3v) is 4.48. The number of aromatic nitrogens is 2. The van der Waals surface area contributed by atoms with Gasteiger partial charge in [-0.15, -0.1) is 0 Å². The topological polar surface area (TPSA) is 92.3 Å². The van der Waals surface area contributed by atoms with Crippen LogP contribution in [-0.4, -0.2) is 20.2 Å². The maximum Gasteiger partial charge on any atom is 0.145 e. The van der Waals surface area contributed by atoms with E-state index in [0.717, 1.165) is 54.7 Å². The quantitative estimate of drug-likeness (QED) is 0.720. The summed E-state index contributed by atoms with van der Waals surface area (Å²) >= 11 is 0. The van der Waals surface area contributed by atoms with E-state index in [0.29, 0.717) is 5.82 Å². The molecule has 1 heterocycles. The van der Waals surface area contributed by atoms with Crippen LogP contribution in [0, 0.1) is 0 Å². The van der Waals surface area contributed by atoms with Crippen LogP contribution in [0.15, 0.2) is 18.2 Å². The van der Waals surface area contributed by atoms with Crippen LogP contribution in [0.1, 0.15) is 62.2 Å². The first-order valence-corrected chi connectivity index (χ1v) is 8.66. The van der Waals surface area contributed by atoms with Gasteiger partial charge in [-0.3, -0.25) is 4.98 Å². The highest BCUT2D eigenvalue weighted by Crippen LogP contribution is 2.30. The summed E-state index contributed by atoms with van der Waals surface area (Å²) in [7, 11) is 0. The molecule has 0 aliphatic carbocycles. The Morgan fingerprint density at radius 1 is 1.04 bits per heavy atom. The van der Waals surface area contributed by atoms with Crippen LogP contribution in [0.5, 0.6) is 11.5 Å². The normalized spacial score (nSPS) is 12.3. The molecule has 24 heavy (non-hydrogen) atoms. The van der Waals surface area contributed by atoms with Gasteiger partial charge in [-0.05, 0) is 43.7 Å². The fourth-order valence-electron chi connectivity index (χ4n) is 3.01. The van der Waals surface area contributed by atoms with Crippen molar-refractivity contribution in [2.24, 2.45) is 0 Å². The number of nitrogens with two attached hydrogens (primary N) is 1. The van der Waals surface area contributed by atoms with Gasteiger partial charge in [0.05, 0.1) is 17.1 Å². The van der Waals surface area contributed by atoms with Gasteiger partial charge in [-0.25, -0.2) is 4.98 Å². The number of aryl methyl sites for hydroxylation is 3. The zero-order valence-electron chi connectivity index (χ0n) is 14.7. The second-order valence-corrected chi connectivity index (χ2v) is 6.05. The molecular formula is C19H27N3O2. The summed E-state index contributed by atoms with van der Waals surface area (Å²) in [5.41, 5.74) is 9.67. The zero-order valence-corrected chi connectivity index (χ0v) is 14.7. The number of aromatic hydroxyl groups is 2. The summed E-state index contributed by atoms with van der Waals surface area (Å²) < 4.78 is 0. The predicted octanol–water partition coefficient (Wildman–Crippen LogP) is 3.72. The minimum atomic E-state index is 0.0774. The van der Waals surface area contributed by atoms with E-state index < -0.39 is 0 Å². The van der Waals surface area contributed by atoms with E-state index in [1.54, 1.807) is 12.1 Å². The van der Waals surface area contributed by atoms with Crippen LogP contribution < -0.4 is 5.73 Å². The van der Waals surface area contributed by atoms with Crippen molar-refractivity contribution in [2.75, 3.05) is 5.73 Å². The van der Waals surface area contributed by atoms with E-state index in [1.807, 2.05) is 6.92 Å². The number of phenols is 2. The van der Waals surface area contributed by atoms with E-state index in [-0.39, 0.29) is 17.4 Å². The van der Waals surface area contributed by atoms with Gasteiger partial charge in [-0.1, -0.05) is 26.8 Å². The van der Waals surface area contributed by atoms with Gasteiger partial charge in [0.15, 0.2) is 0 Å². The Morgan fingerprint density at radius 3 is 2.33 bits per heavy atom. The number of nitrogen functional groups attached to an aromatic ring is 1. The molecule has 5 heteroatoms. The van der Waals surface area contributed by atoms with Crippen molar-refractivity contribution in [1.29, 1.82) is 0 Å². The van der Waals surface area contributed by atoms with E-state index >= 15 is 0 Å². The molecule has 1 aromatic heterocycles. The predicted molar refractivity (Wildman–Crippen MR) is 96.3 cm³/mol. The molecule has 0 amide bonds. The first kappa shape index (κ1) is 18.0. The van der Waals surface area contributed by atoms with Crippen molar-refractivity contribution >= 4 is 5.82 Å². The fourth-order valence-corrected chi connectivity index (χ4v) is 3.01. The average molecular weight is 329 g/mol. The Balaban J connectivity index is 2.24. The standard InChI is InChI=1S/C19H27N3O2/c1-4-12(7-8-13-9-10-14(23)11-17(13)24)18-15(5-2)22-19(20)16(6-3)21-18/h9-12,23-24H,4-8H2,1-3H3,(H2,20,22).